The lowest BCUT2D eigenvalue weighted by atomic mass is 9.97. The van der Waals surface area contributed by atoms with Crippen LogP contribution in [0.15, 0.2) is 36.8 Å². The van der Waals surface area contributed by atoms with Gasteiger partial charge in [-0.25, -0.2) is 9.37 Å². The van der Waals surface area contributed by atoms with Crippen molar-refractivity contribution in [2.75, 3.05) is 13.2 Å². The van der Waals surface area contributed by atoms with Crippen LogP contribution in [0.4, 0.5) is 4.39 Å². The SMILES string of the molecule is NC(c1cncn1CCc1cccc(F)c1)C1CCOC1. The van der Waals surface area contributed by atoms with E-state index in [0.717, 1.165) is 43.9 Å². The quantitative estimate of drug-likeness (QED) is 0.919. The molecule has 1 aromatic heterocycles. The lowest BCUT2D eigenvalue weighted by Crippen LogP contribution is -2.24. The molecule has 0 saturated carbocycles. The highest BCUT2D eigenvalue weighted by Gasteiger charge is 2.26. The van der Waals surface area contributed by atoms with E-state index in [1.54, 1.807) is 18.5 Å². The standard InChI is InChI=1S/C16H20FN3O/c17-14-3-1-2-12(8-14)4-6-20-11-19-9-15(20)16(18)13-5-7-21-10-13/h1-3,8-9,11,13,16H,4-7,10,18H2. The molecule has 2 unspecified atom stereocenters. The first-order valence-electron chi connectivity index (χ1n) is 7.32. The number of rotatable bonds is 5. The van der Waals surface area contributed by atoms with Crippen molar-refractivity contribution in [1.29, 1.82) is 0 Å². The van der Waals surface area contributed by atoms with Gasteiger partial charge in [-0.1, -0.05) is 12.1 Å². The highest BCUT2D eigenvalue weighted by Crippen LogP contribution is 2.26. The van der Waals surface area contributed by atoms with Crippen molar-refractivity contribution in [3.63, 3.8) is 0 Å². The number of nitrogens with zero attached hydrogens (tertiary/aromatic N) is 2. The van der Waals surface area contributed by atoms with Crippen LogP contribution in [0, 0.1) is 11.7 Å². The predicted octanol–water partition coefficient (Wildman–Crippen LogP) is 2.30. The molecule has 2 atom stereocenters. The number of benzene rings is 1. The van der Waals surface area contributed by atoms with Crippen molar-refractivity contribution in [2.45, 2.75) is 25.4 Å². The maximum absolute atomic E-state index is 13.2. The minimum absolute atomic E-state index is 0.0532. The summed E-state index contributed by atoms with van der Waals surface area (Å²) in [5, 5.41) is 0. The number of halogens is 1. The zero-order valence-electron chi connectivity index (χ0n) is 11.9. The summed E-state index contributed by atoms with van der Waals surface area (Å²) in [5.41, 5.74) is 8.35. The first-order chi connectivity index (χ1) is 10.2. The van der Waals surface area contributed by atoms with Crippen LogP contribution in [0.5, 0.6) is 0 Å². The highest BCUT2D eigenvalue weighted by atomic mass is 19.1. The van der Waals surface area contributed by atoms with Crippen LogP contribution < -0.4 is 5.73 Å². The van der Waals surface area contributed by atoms with Crippen molar-refractivity contribution >= 4 is 0 Å². The highest BCUT2D eigenvalue weighted by molar-refractivity contribution is 5.17. The molecule has 0 radical (unpaired) electrons. The van der Waals surface area contributed by atoms with Gasteiger partial charge in [-0.2, -0.15) is 0 Å². The predicted molar refractivity (Wildman–Crippen MR) is 78.2 cm³/mol. The molecule has 0 spiro atoms. The molecule has 1 aliphatic heterocycles. The number of imidazole rings is 1. The Kier molecular flexibility index (Phi) is 4.31. The molecule has 0 bridgehead atoms. The maximum Gasteiger partial charge on any atom is 0.123 e. The van der Waals surface area contributed by atoms with Crippen LogP contribution in [-0.2, 0) is 17.7 Å². The minimum atomic E-state index is -0.196. The topological polar surface area (TPSA) is 53.1 Å². The molecule has 3 rings (SSSR count). The first kappa shape index (κ1) is 14.2. The summed E-state index contributed by atoms with van der Waals surface area (Å²) in [5.74, 6) is 0.160. The summed E-state index contributed by atoms with van der Waals surface area (Å²) in [7, 11) is 0. The Morgan fingerprint density at radius 3 is 3.14 bits per heavy atom. The summed E-state index contributed by atoms with van der Waals surface area (Å²) >= 11 is 0. The summed E-state index contributed by atoms with van der Waals surface area (Å²) < 4.78 is 20.7. The number of aryl methyl sites for hydroxylation is 2. The van der Waals surface area contributed by atoms with Gasteiger partial charge in [0.2, 0.25) is 0 Å². The van der Waals surface area contributed by atoms with Crippen LogP contribution in [0.1, 0.15) is 23.7 Å². The summed E-state index contributed by atoms with van der Waals surface area (Å²) in [4.78, 5) is 4.21. The van der Waals surface area contributed by atoms with Crippen LogP contribution >= 0.6 is 0 Å². The average Bonchev–Trinajstić information content (AvgIpc) is 3.16. The Labute approximate surface area is 123 Å². The van der Waals surface area contributed by atoms with E-state index in [2.05, 4.69) is 9.55 Å². The fourth-order valence-corrected chi connectivity index (χ4v) is 2.81. The smallest absolute Gasteiger partial charge is 0.123 e. The molecule has 112 valence electrons. The third-order valence-corrected chi connectivity index (χ3v) is 4.09. The molecule has 0 aliphatic carbocycles. The largest absolute Gasteiger partial charge is 0.381 e. The van der Waals surface area contributed by atoms with E-state index in [-0.39, 0.29) is 11.9 Å². The molecule has 1 saturated heterocycles. The van der Waals surface area contributed by atoms with Crippen molar-refractivity contribution in [3.05, 3.63) is 53.9 Å². The summed E-state index contributed by atoms with van der Waals surface area (Å²) in [6.45, 7) is 2.26. The third-order valence-electron chi connectivity index (χ3n) is 4.09. The lowest BCUT2D eigenvalue weighted by molar-refractivity contribution is 0.180. The van der Waals surface area contributed by atoms with Gasteiger partial charge in [0.15, 0.2) is 0 Å². The number of hydrogen-bond donors (Lipinski definition) is 1. The lowest BCUT2D eigenvalue weighted by Gasteiger charge is -2.19. The van der Waals surface area contributed by atoms with Gasteiger partial charge in [-0.3, -0.25) is 0 Å². The Hall–Kier alpha value is -1.72. The van der Waals surface area contributed by atoms with Gasteiger partial charge in [0.1, 0.15) is 5.82 Å². The number of aromatic nitrogens is 2. The fraction of sp³-hybridized carbons (Fsp3) is 0.438. The monoisotopic (exact) mass is 289 g/mol. The summed E-state index contributed by atoms with van der Waals surface area (Å²) in [6, 6.07) is 6.65. The zero-order valence-corrected chi connectivity index (χ0v) is 11.9. The van der Waals surface area contributed by atoms with E-state index in [4.69, 9.17) is 10.5 Å². The normalized spacial score (nSPS) is 19.8. The molecule has 1 fully saturated rings. The molecule has 21 heavy (non-hydrogen) atoms. The van der Waals surface area contributed by atoms with E-state index in [1.807, 2.05) is 12.3 Å². The Bertz CT molecular complexity index is 593. The maximum atomic E-state index is 13.2. The van der Waals surface area contributed by atoms with E-state index in [0.29, 0.717) is 5.92 Å². The molecule has 4 nitrogen and oxygen atoms in total. The third kappa shape index (κ3) is 3.31. The summed E-state index contributed by atoms with van der Waals surface area (Å²) in [6.07, 6.45) is 5.38. The van der Waals surface area contributed by atoms with Crippen molar-refractivity contribution in [1.82, 2.24) is 9.55 Å². The molecule has 1 aliphatic rings. The molecular formula is C16H20FN3O. The van der Waals surface area contributed by atoms with Gasteiger partial charge < -0.3 is 15.0 Å². The first-order valence-corrected chi connectivity index (χ1v) is 7.32. The van der Waals surface area contributed by atoms with Crippen molar-refractivity contribution in [3.8, 4) is 0 Å². The van der Waals surface area contributed by atoms with Gasteiger partial charge in [-0.05, 0) is 30.5 Å². The van der Waals surface area contributed by atoms with Crippen molar-refractivity contribution < 1.29 is 9.13 Å². The molecule has 2 N–H and O–H groups in total. The Morgan fingerprint density at radius 1 is 1.48 bits per heavy atom. The molecule has 2 aromatic rings. The zero-order chi connectivity index (χ0) is 14.7. The Balaban J connectivity index is 1.67. The van der Waals surface area contributed by atoms with E-state index in [1.165, 1.54) is 6.07 Å². The van der Waals surface area contributed by atoms with Crippen LogP contribution in [-0.4, -0.2) is 22.8 Å². The number of hydrogen-bond acceptors (Lipinski definition) is 3. The van der Waals surface area contributed by atoms with E-state index >= 15 is 0 Å². The second-order valence-electron chi connectivity index (χ2n) is 5.54. The van der Waals surface area contributed by atoms with Gasteiger partial charge in [-0.15, -0.1) is 0 Å². The van der Waals surface area contributed by atoms with Crippen LogP contribution in [0.3, 0.4) is 0 Å². The van der Waals surface area contributed by atoms with Crippen LogP contribution in [0.2, 0.25) is 0 Å². The molecule has 1 aromatic carbocycles. The van der Waals surface area contributed by atoms with E-state index in [9.17, 15) is 4.39 Å². The van der Waals surface area contributed by atoms with Crippen LogP contribution in [0.25, 0.3) is 0 Å². The fourth-order valence-electron chi connectivity index (χ4n) is 2.81. The second-order valence-corrected chi connectivity index (χ2v) is 5.54. The Morgan fingerprint density at radius 2 is 2.38 bits per heavy atom. The number of ether oxygens (including phenoxy) is 1. The number of nitrogens with two attached hydrogens (primary N) is 1. The molecule has 0 amide bonds. The van der Waals surface area contributed by atoms with E-state index < -0.39 is 0 Å². The minimum Gasteiger partial charge on any atom is -0.381 e. The molecule has 5 heteroatoms. The van der Waals surface area contributed by atoms with Gasteiger partial charge in [0.05, 0.1) is 24.7 Å². The van der Waals surface area contributed by atoms with Gasteiger partial charge >= 0.3 is 0 Å². The second kappa shape index (κ2) is 6.37. The van der Waals surface area contributed by atoms with Crippen molar-refractivity contribution in [2.24, 2.45) is 11.7 Å². The average molecular weight is 289 g/mol. The molecular weight excluding hydrogens is 269 g/mol. The molecule has 2 heterocycles. The van der Waals surface area contributed by atoms with Gasteiger partial charge in [0, 0.05) is 25.3 Å². The van der Waals surface area contributed by atoms with Gasteiger partial charge in [0.25, 0.3) is 0 Å².